The van der Waals surface area contributed by atoms with Gasteiger partial charge in [-0.3, -0.25) is 9.36 Å². The molecule has 0 bridgehead atoms. The molecule has 2 aromatic heterocycles. The first-order chi connectivity index (χ1) is 17.1. The summed E-state index contributed by atoms with van der Waals surface area (Å²) in [4.78, 5) is 30.4. The quantitative estimate of drug-likeness (QED) is 0.310. The number of methoxy groups -OCH3 is 1. The number of rotatable bonds is 5. The van der Waals surface area contributed by atoms with Crippen LogP contribution in [-0.4, -0.2) is 22.8 Å². The summed E-state index contributed by atoms with van der Waals surface area (Å²) >= 11 is 6.28. The Kier molecular flexibility index (Phi) is 6.08. The highest BCUT2D eigenvalue weighted by atomic mass is 35.5. The molecule has 0 aliphatic carbocycles. The Morgan fingerprint density at radius 1 is 1.00 bits per heavy atom. The molecule has 0 unspecified atom stereocenters. The van der Waals surface area contributed by atoms with Gasteiger partial charge in [0, 0.05) is 27.7 Å². The van der Waals surface area contributed by atoms with Crippen molar-refractivity contribution >= 4 is 45.2 Å². The number of nitrogens with one attached hydrogen (secondary N) is 1. The lowest BCUT2D eigenvalue weighted by molar-refractivity contribution is 0.118. The minimum Gasteiger partial charge on any atom is -0.437 e. The maximum atomic E-state index is 13.6. The summed E-state index contributed by atoms with van der Waals surface area (Å²) < 4.78 is 12.0. The van der Waals surface area contributed by atoms with Crippen molar-refractivity contribution < 1.29 is 14.3 Å². The van der Waals surface area contributed by atoms with Crippen LogP contribution in [0.5, 0.6) is 5.88 Å². The summed E-state index contributed by atoms with van der Waals surface area (Å²) in [6, 6.07) is 24.0. The molecule has 5 aromatic rings. The second-order valence-corrected chi connectivity index (χ2v) is 8.17. The number of anilines is 1. The first-order valence-electron chi connectivity index (χ1n) is 10.8. The van der Waals surface area contributed by atoms with E-state index in [2.05, 4.69) is 10.3 Å². The van der Waals surface area contributed by atoms with E-state index in [-0.39, 0.29) is 23.4 Å². The van der Waals surface area contributed by atoms with E-state index in [4.69, 9.17) is 21.1 Å². The summed E-state index contributed by atoms with van der Waals surface area (Å²) in [6.07, 6.45) is 0.751. The maximum absolute atomic E-state index is 13.6. The molecule has 35 heavy (non-hydrogen) atoms. The molecule has 2 heterocycles. The molecule has 7 nitrogen and oxygen atoms in total. The van der Waals surface area contributed by atoms with Crippen LogP contribution in [0.4, 0.5) is 10.6 Å². The van der Waals surface area contributed by atoms with Crippen LogP contribution in [0.15, 0.2) is 89.9 Å². The highest BCUT2D eigenvalue weighted by Crippen LogP contribution is 2.30. The Morgan fingerprint density at radius 2 is 1.77 bits per heavy atom. The van der Waals surface area contributed by atoms with Crippen LogP contribution in [0.25, 0.3) is 27.4 Å². The van der Waals surface area contributed by atoms with Gasteiger partial charge in [0.25, 0.3) is 0 Å². The predicted molar refractivity (Wildman–Crippen MR) is 137 cm³/mol. The molecule has 0 aliphatic rings. The Hall–Kier alpha value is -4.36. The lowest BCUT2D eigenvalue weighted by atomic mass is 10.1. The molecule has 1 N–H and O–H groups in total. The van der Waals surface area contributed by atoms with Crippen molar-refractivity contribution in [2.45, 2.75) is 6.54 Å². The van der Waals surface area contributed by atoms with Crippen LogP contribution >= 0.6 is 11.6 Å². The smallest absolute Gasteiger partial charge is 0.437 e. The normalized spacial score (nSPS) is 10.9. The van der Waals surface area contributed by atoms with Crippen LogP contribution in [0.1, 0.15) is 5.56 Å². The monoisotopic (exact) mass is 485 g/mol. The number of halogens is 1. The van der Waals surface area contributed by atoms with Gasteiger partial charge >= 0.3 is 6.16 Å². The van der Waals surface area contributed by atoms with Gasteiger partial charge in [-0.2, -0.15) is 0 Å². The largest absolute Gasteiger partial charge is 0.514 e. The number of para-hydroxylation sites is 1. The average molecular weight is 486 g/mol. The summed E-state index contributed by atoms with van der Waals surface area (Å²) in [5, 5.41) is 6.03. The summed E-state index contributed by atoms with van der Waals surface area (Å²) in [5.41, 5.74) is 1.13. The zero-order valence-corrected chi connectivity index (χ0v) is 19.5. The molecule has 0 fully saturated rings. The van der Waals surface area contributed by atoms with Crippen LogP contribution in [0.2, 0.25) is 5.02 Å². The first-order valence-corrected chi connectivity index (χ1v) is 11.2. The van der Waals surface area contributed by atoms with Crippen molar-refractivity contribution in [2.75, 3.05) is 12.4 Å². The van der Waals surface area contributed by atoms with E-state index in [9.17, 15) is 9.59 Å². The Labute approximate surface area is 205 Å². The van der Waals surface area contributed by atoms with Crippen molar-refractivity contribution in [1.82, 2.24) is 9.55 Å². The van der Waals surface area contributed by atoms with E-state index in [0.717, 1.165) is 10.8 Å². The van der Waals surface area contributed by atoms with Crippen molar-refractivity contribution in [3.63, 3.8) is 0 Å². The molecule has 8 heteroatoms. The molecular formula is C27H20ClN3O4. The van der Waals surface area contributed by atoms with E-state index in [1.165, 1.54) is 7.11 Å². The Bertz CT molecular complexity index is 1610. The van der Waals surface area contributed by atoms with Crippen molar-refractivity contribution in [3.8, 4) is 11.6 Å². The topological polar surface area (TPSA) is 82.5 Å². The molecule has 174 valence electrons. The van der Waals surface area contributed by atoms with Gasteiger partial charge in [-0.05, 0) is 41.8 Å². The number of ether oxygens (including phenoxy) is 2. The highest BCUT2D eigenvalue weighted by molar-refractivity contribution is 6.31. The highest BCUT2D eigenvalue weighted by Gasteiger charge is 2.23. The van der Waals surface area contributed by atoms with Gasteiger partial charge in [0.1, 0.15) is 5.82 Å². The SMILES string of the molecule is COC(=O)Oc1c(CNc2nccc3ccccc23)c(=O)c2ccc(Cl)cc2n1-c1ccccc1. The Morgan fingerprint density at radius 3 is 2.57 bits per heavy atom. The third kappa shape index (κ3) is 4.29. The number of aromatic nitrogens is 2. The molecule has 3 aromatic carbocycles. The third-order valence-corrected chi connectivity index (χ3v) is 5.88. The van der Waals surface area contributed by atoms with E-state index >= 15 is 0 Å². The summed E-state index contributed by atoms with van der Waals surface area (Å²) in [7, 11) is 1.21. The van der Waals surface area contributed by atoms with E-state index < -0.39 is 6.16 Å². The first kappa shape index (κ1) is 22.4. The second-order valence-electron chi connectivity index (χ2n) is 7.74. The van der Waals surface area contributed by atoms with Crippen molar-refractivity contribution in [2.24, 2.45) is 0 Å². The van der Waals surface area contributed by atoms with Gasteiger partial charge in [-0.25, -0.2) is 9.78 Å². The van der Waals surface area contributed by atoms with Crippen molar-refractivity contribution in [3.05, 3.63) is 106 Å². The summed E-state index contributed by atoms with van der Waals surface area (Å²) in [6.45, 7) is 0.0531. The van der Waals surface area contributed by atoms with Crippen molar-refractivity contribution in [1.29, 1.82) is 0 Å². The minimum absolute atomic E-state index is 0.0375. The lowest BCUT2D eigenvalue weighted by Crippen LogP contribution is -2.23. The molecule has 0 atom stereocenters. The second kappa shape index (κ2) is 9.48. The number of carbonyl (C=O) groups excluding carboxylic acids is 1. The molecule has 0 aliphatic heterocycles. The maximum Gasteiger partial charge on any atom is 0.514 e. The number of nitrogens with zero attached hydrogens (tertiary/aromatic N) is 2. The van der Waals surface area contributed by atoms with Gasteiger partial charge in [0.2, 0.25) is 5.88 Å². The summed E-state index contributed by atoms with van der Waals surface area (Å²) in [5.74, 6) is 0.643. The van der Waals surface area contributed by atoms with Crippen LogP contribution in [0, 0.1) is 0 Å². The molecule has 0 saturated heterocycles. The minimum atomic E-state index is -0.944. The van der Waals surface area contributed by atoms with Gasteiger partial charge in [0.05, 0.1) is 24.7 Å². The van der Waals surface area contributed by atoms with E-state index in [0.29, 0.717) is 27.4 Å². The number of benzene rings is 3. The molecule has 0 amide bonds. The van der Waals surface area contributed by atoms with Gasteiger partial charge in [-0.1, -0.05) is 54.1 Å². The lowest BCUT2D eigenvalue weighted by Gasteiger charge is -2.20. The van der Waals surface area contributed by atoms with Crippen LogP contribution < -0.4 is 15.5 Å². The number of carbonyl (C=O) groups is 1. The Balaban J connectivity index is 1.73. The average Bonchev–Trinajstić information content (AvgIpc) is 2.89. The zero-order valence-electron chi connectivity index (χ0n) is 18.7. The van der Waals surface area contributed by atoms with E-state index in [1.807, 2.05) is 60.7 Å². The molecular weight excluding hydrogens is 466 g/mol. The van der Waals surface area contributed by atoms with E-state index in [1.54, 1.807) is 29.0 Å². The molecule has 0 radical (unpaired) electrons. The fourth-order valence-corrected chi connectivity index (χ4v) is 4.20. The van der Waals surface area contributed by atoms with Gasteiger partial charge in [-0.15, -0.1) is 0 Å². The van der Waals surface area contributed by atoms with Gasteiger partial charge in [0.15, 0.2) is 5.43 Å². The number of pyridine rings is 2. The fourth-order valence-electron chi connectivity index (χ4n) is 4.04. The third-order valence-electron chi connectivity index (χ3n) is 5.65. The van der Waals surface area contributed by atoms with Crippen LogP contribution in [-0.2, 0) is 11.3 Å². The molecule has 5 rings (SSSR count). The number of hydrogen-bond donors (Lipinski definition) is 1. The molecule has 0 saturated carbocycles. The number of hydrogen-bond acceptors (Lipinski definition) is 6. The molecule has 0 spiro atoms. The standard InChI is InChI=1S/C27H20ClN3O4/c1-34-27(33)35-26-22(16-30-25-20-10-6-5-7-17(20)13-14-29-25)24(32)21-12-11-18(28)15-23(21)31(26)19-8-3-2-4-9-19/h2-15H,16H2,1H3,(H,29,30). The van der Waals surface area contributed by atoms with Crippen LogP contribution in [0.3, 0.4) is 0 Å². The fraction of sp³-hybridized carbons (Fsp3) is 0.0741. The predicted octanol–water partition coefficient (Wildman–Crippen LogP) is 5.95. The number of fused-ring (bicyclic) bond motifs is 2. The zero-order chi connectivity index (χ0) is 24.4. The van der Waals surface area contributed by atoms with Gasteiger partial charge < -0.3 is 14.8 Å².